The Morgan fingerprint density at radius 3 is 2.55 bits per heavy atom. The fourth-order valence-electron chi connectivity index (χ4n) is 2.87. The van der Waals surface area contributed by atoms with Gasteiger partial charge in [0.2, 0.25) is 5.91 Å². The SMILES string of the molecule is CN(C)c1ccc(-n2cccc2C=NNC(=O)Cc2ccccc2[N+](=O)[O-])cc1. The van der Waals surface area contributed by atoms with Gasteiger partial charge in [0.1, 0.15) is 0 Å². The number of nitrogens with one attached hydrogen (secondary N) is 1. The summed E-state index contributed by atoms with van der Waals surface area (Å²) in [5, 5.41) is 15.0. The molecular formula is C21H21N5O3. The van der Waals surface area contributed by atoms with Gasteiger partial charge in [-0.15, -0.1) is 0 Å². The smallest absolute Gasteiger partial charge is 0.273 e. The molecule has 148 valence electrons. The van der Waals surface area contributed by atoms with Crippen molar-refractivity contribution in [3.8, 4) is 5.69 Å². The van der Waals surface area contributed by atoms with Crippen molar-refractivity contribution in [3.63, 3.8) is 0 Å². The van der Waals surface area contributed by atoms with E-state index in [2.05, 4.69) is 10.5 Å². The van der Waals surface area contributed by atoms with Gasteiger partial charge in [0, 0.05) is 43.3 Å². The highest BCUT2D eigenvalue weighted by molar-refractivity contribution is 5.83. The fourth-order valence-corrected chi connectivity index (χ4v) is 2.87. The lowest BCUT2D eigenvalue weighted by atomic mass is 10.1. The van der Waals surface area contributed by atoms with Crippen LogP contribution in [0.3, 0.4) is 0 Å². The van der Waals surface area contributed by atoms with Crippen molar-refractivity contribution in [1.82, 2.24) is 9.99 Å². The lowest BCUT2D eigenvalue weighted by molar-refractivity contribution is -0.385. The number of amides is 1. The molecule has 0 radical (unpaired) electrons. The van der Waals surface area contributed by atoms with E-state index in [0.29, 0.717) is 5.56 Å². The lowest BCUT2D eigenvalue weighted by Gasteiger charge is -2.13. The predicted octanol–water partition coefficient (Wildman–Crippen LogP) is 3.14. The minimum atomic E-state index is -0.500. The molecule has 2 aromatic carbocycles. The maximum atomic E-state index is 12.1. The number of hydrogen-bond donors (Lipinski definition) is 1. The van der Waals surface area contributed by atoms with Gasteiger partial charge in [0.25, 0.3) is 5.69 Å². The number of carbonyl (C=O) groups excluding carboxylic acids is 1. The zero-order valence-electron chi connectivity index (χ0n) is 16.1. The van der Waals surface area contributed by atoms with Gasteiger partial charge in [0.05, 0.1) is 23.3 Å². The van der Waals surface area contributed by atoms with E-state index in [1.807, 2.05) is 66.2 Å². The molecule has 0 aliphatic carbocycles. The van der Waals surface area contributed by atoms with Gasteiger partial charge in [-0.1, -0.05) is 18.2 Å². The van der Waals surface area contributed by atoms with Crippen LogP contribution in [0.5, 0.6) is 0 Å². The third-order valence-corrected chi connectivity index (χ3v) is 4.35. The molecule has 1 amide bonds. The zero-order chi connectivity index (χ0) is 20.8. The third kappa shape index (κ3) is 4.86. The second kappa shape index (κ2) is 8.83. The number of nitro benzene ring substituents is 1. The Kier molecular flexibility index (Phi) is 6.03. The van der Waals surface area contributed by atoms with Crippen molar-refractivity contribution >= 4 is 23.5 Å². The summed E-state index contributed by atoms with van der Waals surface area (Å²) in [5.41, 5.74) is 5.53. The molecule has 0 fully saturated rings. The van der Waals surface area contributed by atoms with E-state index in [0.717, 1.165) is 17.1 Å². The van der Waals surface area contributed by atoms with Crippen LogP contribution >= 0.6 is 0 Å². The monoisotopic (exact) mass is 391 g/mol. The molecule has 0 atom stereocenters. The van der Waals surface area contributed by atoms with Crippen LogP contribution in [0.1, 0.15) is 11.3 Å². The standard InChI is InChI=1S/C21H21N5O3/c1-24(2)17-9-11-18(12-10-17)25-13-5-7-19(25)15-22-23-21(27)14-16-6-3-4-8-20(16)26(28)29/h3-13,15H,14H2,1-2H3,(H,23,27). The van der Waals surface area contributed by atoms with Crippen molar-refractivity contribution in [2.24, 2.45) is 5.10 Å². The van der Waals surface area contributed by atoms with Gasteiger partial charge < -0.3 is 9.47 Å². The van der Waals surface area contributed by atoms with E-state index >= 15 is 0 Å². The van der Waals surface area contributed by atoms with Crippen LogP contribution < -0.4 is 10.3 Å². The lowest BCUT2D eigenvalue weighted by Crippen LogP contribution is -2.20. The third-order valence-electron chi connectivity index (χ3n) is 4.35. The Balaban J connectivity index is 1.67. The van der Waals surface area contributed by atoms with Gasteiger partial charge in [0.15, 0.2) is 0 Å². The molecule has 8 heteroatoms. The number of carbonyl (C=O) groups is 1. The Hall–Kier alpha value is -3.94. The van der Waals surface area contributed by atoms with E-state index in [9.17, 15) is 14.9 Å². The first-order valence-corrected chi connectivity index (χ1v) is 8.95. The van der Waals surface area contributed by atoms with Crippen LogP contribution in [0.2, 0.25) is 0 Å². The first kappa shape index (κ1) is 19.8. The Bertz CT molecular complexity index is 1040. The molecule has 3 rings (SSSR count). The number of anilines is 1. The molecule has 0 bridgehead atoms. The van der Waals surface area contributed by atoms with Crippen LogP contribution in [-0.2, 0) is 11.2 Å². The number of nitro groups is 1. The molecule has 0 aliphatic rings. The molecule has 1 heterocycles. The number of nitrogens with zero attached hydrogens (tertiary/aromatic N) is 4. The van der Waals surface area contributed by atoms with E-state index in [4.69, 9.17) is 0 Å². The summed E-state index contributed by atoms with van der Waals surface area (Å²) in [6, 6.07) is 18.0. The highest BCUT2D eigenvalue weighted by Crippen LogP contribution is 2.18. The van der Waals surface area contributed by atoms with Gasteiger partial charge >= 0.3 is 0 Å². The highest BCUT2D eigenvalue weighted by atomic mass is 16.6. The summed E-state index contributed by atoms with van der Waals surface area (Å²) >= 11 is 0. The number of hydrazone groups is 1. The average molecular weight is 391 g/mol. The van der Waals surface area contributed by atoms with Crippen molar-refractivity contribution in [3.05, 3.63) is 88.2 Å². The molecule has 29 heavy (non-hydrogen) atoms. The Morgan fingerprint density at radius 1 is 1.14 bits per heavy atom. The minimum absolute atomic E-state index is 0.0818. The second-order valence-electron chi connectivity index (χ2n) is 6.57. The molecule has 0 spiro atoms. The Labute approximate surface area is 168 Å². The predicted molar refractivity (Wildman–Crippen MR) is 113 cm³/mol. The van der Waals surface area contributed by atoms with Gasteiger partial charge in [-0.05, 0) is 36.4 Å². The number of aromatic nitrogens is 1. The molecular weight excluding hydrogens is 370 g/mol. The number of rotatable bonds is 7. The molecule has 3 aromatic rings. The Morgan fingerprint density at radius 2 is 1.86 bits per heavy atom. The number of para-hydroxylation sites is 1. The zero-order valence-corrected chi connectivity index (χ0v) is 16.1. The van der Waals surface area contributed by atoms with E-state index < -0.39 is 10.8 Å². The van der Waals surface area contributed by atoms with Gasteiger partial charge in [-0.2, -0.15) is 5.10 Å². The van der Waals surface area contributed by atoms with E-state index in [-0.39, 0.29) is 12.1 Å². The van der Waals surface area contributed by atoms with E-state index in [1.54, 1.807) is 18.2 Å². The number of benzene rings is 2. The summed E-state index contributed by atoms with van der Waals surface area (Å²) in [5.74, 6) is -0.427. The number of hydrogen-bond acceptors (Lipinski definition) is 5. The molecule has 0 unspecified atom stereocenters. The first-order chi connectivity index (χ1) is 14.0. The maximum Gasteiger partial charge on any atom is 0.273 e. The van der Waals surface area contributed by atoms with Crippen molar-refractivity contribution < 1.29 is 9.72 Å². The van der Waals surface area contributed by atoms with Gasteiger partial charge in [-0.25, -0.2) is 5.43 Å². The highest BCUT2D eigenvalue weighted by Gasteiger charge is 2.15. The van der Waals surface area contributed by atoms with Crippen LogP contribution in [0.15, 0.2) is 72.0 Å². The summed E-state index contributed by atoms with van der Waals surface area (Å²) < 4.78 is 1.94. The summed E-state index contributed by atoms with van der Waals surface area (Å²) in [7, 11) is 3.96. The van der Waals surface area contributed by atoms with Crippen LogP contribution in [0.4, 0.5) is 11.4 Å². The van der Waals surface area contributed by atoms with Crippen molar-refractivity contribution in [2.75, 3.05) is 19.0 Å². The minimum Gasteiger partial charge on any atom is -0.378 e. The quantitative estimate of drug-likeness (QED) is 0.380. The second-order valence-corrected chi connectivity index (χ2v) is 6.57. The molecule has 0 saturated carbocycles. The molecule has 1 aromatic heterocycles. The van der Waals surface area contributed by atoms with Crippen LogP contribution in [0, 0.1) is 10.1 Å². The van der Waals surface area contributed by atoms with Crippen LogP contribution in [-0.4, -0.2) is 35.7 Å². The maximum absolute atomic E-state index is 12.1. The molecule has 1 N–H and O–H groups in total. The van der Waals surface area contributed by atoms with Gasteiger partial charge in [-0.3, -0.25) is 14.9 Å². The summed E-state index contributed by atoms with van der Waals surface area (Å²) in [4.78, 5) is 24.7. The summed E-state index contributed by atoms with van der Waals surface area (Å²) in [6.45, 7) is 0. The molecule has 0 aliphatic heterocycles. The topological polar surface area (TPSA) is 92.8 Å². The summed E-state index contributed by atoms with van der Waals surface area (Å²) in [6.07, 6.45) is 3.32. The van der Waals surface area contributed by atoms with Crippen molar-refractivity contribution in [1.29, 1.82) is 0 Å². The fraction of sp³-hybridized carbons (Fsp3) is 0.143. The van der Waals surface area contributed by atoms with E-state index in [1.165, 1.54) is 12.3 Å². The first-order valence-electron chi connectivity index (χ1n) is 8.95. The van der Waals surface area contributed by atoms with Crippen molar-refractivity contribution in [2.45, 2.75) is 6.42 Å². The normalized spacial score (nSPS) is 10.8. The van der Waals surface area contributed by atoms with Crippen LogP contribution in [0.25, 0.3) is 5.69 Å². The molecule has 0 saturated heterocycles. The largest absolute Gasteiger partial charge is 0.378 e. The molecule has 8 nitrogen and oxygen atoms in total. The average Bonchev–Trinajstić information content (AvgIpc) is 3.17.